The van der Waals surface area contributed by atoms with Gasteiger partial charge in [-0.05, 0) is 91.6 Å². The van der Waals surface area contributed by atoms with E-state index in [1.54, 1.807) is 12.4 Å². The lowest BCUT2D eigenvalue weighted by Gasteiger charge is -2.60. The van der Waals surface area contributed by atoms with Crippen molar-refractivity contribution < 1.29 is 9.59 Å². The summed E-state index contributed by atoms with van der Waals surface area (Å²) in [5.41, 5.74) is 1.37. The first-order valence-electron chi connectivity index (χ1n) is 11.9. The molecule has 0 bridgehead atoms. The third-order valence-electron chi connectivity index (χ3n) is 9.69. The van der Waals surface area contributed by atoms with Crippen LogP contribution in [0.1, 0.15) is 71.6 Å². The quantitative estimate of drug-likeness (QED) is 0.769. The minimum atomic E-state index is 0.140. The van der Waals surface area contributed by atoms with Crippen LogP contribution >= 0.6 is 0 Å². The zero-order valence-electron chi connectivity index (χ0n) is 18.3. The second-order valence-corrected chi connectivity index (χ2v) is 10.9. The Bertz CT molecular complexity index is 827. The fourth-order valence-electron chi connectivity index (χ4n) is 8.02. The number of aromatic nitrogens is 1. The van der Waals surface area contributed by atoms with Crippen LogP contribution in [0.15, 0.2) is 24.5 Å². The van der Waals surface area contributed by atoms with Gasteiger partial charge >= 0.3 is 0 Å². The van der Waals surface area contributed by atoms with E-state index in [0.717, 1.165) is 36.3 Å². The minimum Gasteiger partial charge on any atom is -0.353 e. The van der Waals surface area contributed by atoms with E-state index in [2.05, 4.69) is 29.5 Å². The first-order valence-corrected chi connectivity index (χ1v) is 11.9. The molecule has 0 radical (unpaired) electrons. The first kappa shape index (κ1) is 20.0. The number of piperidine rings is 1. The Morgan fingerprint density at radius 3 is 2.63 bits per heavy atom. The molecule has 0 spiro atoms. The van der Waals surface area contributed by atoms with E-state index in [1.807, 2.05) is 12.1 Å². The second kappa shape index (κ2) is 7.35. The summed E-state index contributed by atoms with van der Waals surface area (Å²) in [6.07, 6.45) is 13.1. The molecule has 0 aromatic carbocycles. The first-order chi connectivity index (χ1) is 14.4. The molecular formula is C25H35N3O2. The van der Waals surface area contributed by atoms with Gasteiger partial charge in [-0.2, -0.15) is 0 Å². The van der Waals surface area contributed by atoms with Crippen molar-refractivity contribution in [3.63, 3.8) is 0 Å². The van der Waals surface area contributed by atoms with E-state index >= 15 is 0 Å². The van der Waals surface area contributed by atoms with Gasteiger partial charge in [0.25, 0.3) is 0 Å². The number of rotatable bonds is 3. The zero-order valence-corrected chi connectivity index (χ0v) is 18.3. The molecule has 1 aromatic rings. The molecule has 2 N–H and O–H groups in total. The van der Waals surface area contributed by atoms with Gasteiger partial charge in [0.1, 0.15) is 0 Å². The predicted octanol–water partition coefficient (Wildman–Crippen LogP) is 4.55. The molecule has 3 aliphatic carbocycles. The van der Waals surface area contributed by atoms with E-state index in [9.17, 15) is 9.59 Å². The summed E-state index contributed by atoms with van der Waals surface area (Å²) in [6.45, 7) is 4.92. The molecule has 2 amide bonds. The molecule has 2 heterocycles. The van der Waals surface area contributed by atoms with Crippen LogP contribution < -0.4 is 10.6 Å². The highest BCUT2D eigenvalue weighted by atomic mass is 16.2. The number of carbonyl (C=O) groups excluding carboxylic acids is 2. The average molecular weight is 410 g/mol. The van der Waals surface area contributed by atoms with Crippen LogP contribution in [0.5, 0.6) is 0 Å². The Labute approximate surface area is 179 Å². The number of amides is 2. The highest BCUT2D eigenvalue weighted by molar-refractivity contribution is 5.90. The summed E-state index contributed by atoms with van der Waals surface area (Å²) in [7, 11) is 0. The number of nitrogens with one attached hydrogen (secondary N) is 2. The second-order valence-electron chi connectivity index (χ2n) is 10.9. The van der Waals surface area contributed by atoms with Crippen LogP contribution in [0.2, 0.25) is 0 Å². The van der Waals surface area contributed by atoms with Crippen molar-refractivity contribution in [1.82, 2.24) is 10.3 Å². The van der Waals surface area contributed by atoms with Gasteiger partial charge in [0, 0.05) is 37.0 Å². The van der Waals surface area contributed by atoms with Gasteiger partial charge in [-0.25, -0.2) is 0 Å². The normalized spacial score (nSPS) is 42.5. The van der Waals surface area contributed by atoms with Crippen LogP contribution in [0.25, 0.3) is 0 Å². The average Bonchev–Trinajstić information content (AvgIpc) is 3.05. The molecule has 0 unspecified atom stereocenters. The number of hydrogen-bond acceptors (Lipinski definition) is 3. The van der Waals surface area contributed by atoms with Crippen molar-refractivity contribution in [2.75, 3.05) is 5.32 Å². The predicted molar refractivity (Wildman–Crippen MR) is 117 cm³/mol. The summed E-state index contributed by atoms with van der Waals surface area (Å²) in [4.78, 5) is 28.8. The molecule has 162 valence electrons. The van der Waals surface area contributed by atoms with E-state index in [1.165, 1.54) is 32.1 Å². The number of carbonyl (C=O) groups is 2. The Morgan fingerprint density at radius 2 is 1.83 bits per heavy atom. The molecule has 7 atom stereocenters. The third kappa shape index (κ3) is 3.16. The largest absolute Gasteiger partial charge is 0.353 e. The van der Waals surface area contributed by atoms with E-state index in [0.29, 0.717) is 24.8 Å². The summed E-state index contributed by atoms with van der Waals surface area (Å²) in [5.74, 6) is 3.07. The van der Waals surface area contributed by atoms with Gasteiger partial charge in [-0.15, -0.1) is 0 Å². The van der Waals surface area contributed by atoms with Crippen molar-refractivity contribution in [3.8, 4) is 0 Å². The molecule has 4 aliphatic rings. The maximum Gasteiger partial charge on any atom is 0.224 e. The Balaban J connectivity index is 1.29. The third-order valence-corrected chi connectivity index (χ3v) is 9.69. The van der Waals surface area contributed by atoms with Crippen LogP contribution in [0.4, 0.5) is 5.69 Å². The van der Waals surface area contributed by atoms with E-state index in [4.69, 9.17) is 0 Å². The molecule has 1 aromatic heterocycles. The fourth-order valence-corrected chi connectivity index (χ4v) is 8.02. The summed E-state index contributed by atoms with van der Waals surface area (Å²) < 4.78 is 0. The van der Waals surface area contributed by atoms with Crippen LogP contribution in [-0.2, 0) is 9.59 Å². The smallest absolute Gasteiger partial charge is 0.224 e. The highest BCUT2D eigenvalue weighted by Gasteiger charge is 2.60. The molecule has 1 saturated heterocycles. The number of hydrogen-bond donors (Lipinski definition) is 2. The van der Waals surface area contributed by atoms with Crippen molar-refractivity contribution in [3.05, 3.63) is 24.5 Å². The zero-order chi connectivity index (χ0) is 20.9. The lowest BCUT2D eigenvalue weighted by Crippen LogP contribution is -2.61. The molecule has 4 fully saturated rings. The summed E-state index contributed by atoms with van der Waals surface area (Å²) >= 11 is 0. The molecule has 5 rings (SSSR count). The van der Waals surface area contributed by atoms with Gasteiger partial charge in [0.15, 0.2) is 0 Å². The molecule has 3 saturated carbocycles. The molecule has 30 heavy (non-hydrogen) atoms. The van der Waals surface area contributed by atoms with Crippen LogP contribution in [0.3, 0.4) is 0 Å². The Kier molecular flexibility index (Phi) is 4.90. The Morgan fingerprint density at radius 1 is 1.07 bits per heavy atom. The maximum atomic E-state index is 12.8. The Hall–Kier alpha value is -1.91. The van der Waals surface area contributed by atoms with Gasteiger partial charge in [0.2, 0.25) is 11.8 Å². The maximum absolute atomic E-state index is 12.8. The molecular weight excluding hydrogens is 374 g/mol. The lowest BCUT2D eigenvalue weighted by atomic mass is 9.47. The summed E-state index contributed by atoms with van der Waals surface area (Å²) in [5, 5.41) is 6.39. The highest BCUT2D eigenvalue weighted by Crippen LogP contribution is 2.66. The monoisotopic (exact) mass is 409 g/mol. The number of pyridine rings is 1. The molecule has 1 aliphatic heterocycles. The van der Waals surface area contributed by atoms with Crippen molar-refractivity contribution in [2.45, 2.75) is 77.7 Å². The van der Waals surface area contributed by atoms with E-state index < -0.39 is 0 Å². The number of fused-ring (bicyclic) bond motifs is 5. The van der Waals surface area contributed by atoms with Crippen LogP contribution in [0, 0.1) is 34.5 Å². The SMILES string of the molecule is C[C@]12CCC(=O)N[C@@H]1CC[C@@H]1[C@@H]2CC[C@]2(C)[C@@H](CC(=O)Nc3ccncc3)CC[C@@H]12. The lowest BCUT2D eigenvalue weighted by molar-refractivity contribution is -0.137. The van der Waals surface area contributed by atoms with Gasteiger partial charge in [-0.1, -0.05) is 13.8 Å². The minimum absolute atomic E-state index is 0.140. The number of anilines is 1. The topological polar surface area (TPSA) is 71.1 Å². The van der Waals surface area contributed by atoms with Crippen LogP contribution in [-0.4, -0.2) is 22.8 Å². The van der Waals surface area contributed by atoms with Crippen molar-refractivity contribution >= 4 is 17.5 Å². The standard InChI is InChI=1S/C25H35N3O2/c1-24-11-7-20-18(4-6-21-25(20,2)12-8-22(29)28-21)19(24)5-3-16(24)15-23(30)27-17-9-13-26-14-10-17/h9-10,13-14,16,18-21H,3-8,11-12,15H2,1-2H3,(H,28,29)(H,26,27,30)/t16-,18+,19+,20+,21-,24-,25-/m1/s1. The van der Waals surface area contributed by atoms with Gasteiger partial charge < -0.3 is 10.6 Å². The van der Waals surface area contributed by atoms with Crippen molar-refractivity contribution in [1.29, 1.82) is 0 Å². The summed E-state index contributed by atoms with van der Waals surface area (Å²) in [6, 6.07) is 4.07. The van der Waals surface area contributed by atoms with Crippen molar-refractivity contribution in [2.24, 2.45) is 34.5 Å². The molecule has 5 nitrogen and oxygen atoms in total. The fraction of sp³-hybridized carbons (Fsp3) is 0.720. The van der Waals surface area contributed by atoms with Gasteiger partial charge in [0.05, 0.1) is 0 Å². The van der Waals surface area contributed by atoms with E-state index in [-0.39, 0.29) is 22.6 Å². The molecule has 5 heteroatoms. The van der Waals surface area contributed by atoms with Gasteiger partial charge in [-0.3, -0.25) is 14.6 Å². The number of nitrogens with zero attached hydrogens (tertiary/aromatic N) is 1.